The van der Waals surface area contributed by atoms with Gasteiger partial charge in [-0.3, -0.25) is 4.79 Å². The van der Waals surface area contributed by atoms with Crippen molar-refractivity contribution in [1.29, 1.82) is 0 Å². The Morgan fingerprint density at radius 3 is 2.08 bits per heavy atom. The average molecular weight is 422 g/mol. The molecule has 0 heterocycles. The molecule has 0 fully saturated rings. The Hall–Kier alpha value is -1.31. The number of benzene rings is 2. The molecule has 134 valence electrons. The number of rotatable bonds is 6. The maximum absolute atomic E-state index is 12.3. The van der Waals surface area contributed by atoms with E-state index in [2.05, 4.69) is 10.0 Å². The van der Waals surface area contributed by atoms with Crippen molar-refractivity contribution >= 4 is 56.4 Å². The number of halogens is 3. The van der Waals surface area contributed by atoms with E-state index < -0.39 is 22.0 Å². The molecule has 0 unspecified atom stereocenters. The number of carbonyl (C=O) groups excluding carboxylic acids is 1. The molecule has 2 N–H and O–H groups in total. The molecule has 0 aliphatic carbocycles. The first-order valence-electron chi connectivity index (χ1n) is 7.11. The van der Waals surface area contributed by atoms with Gasteiger partial charge >= 0.3 is 0 Å². The van der Waals surface area contributed by atoms with Gasteiger partial charge in [0.15, 0.2) is 0 Å². The van der Waals surface area contributed by atoms with Gasteiger partial charge in [-0.2, -0.15) is 0 Å². The molecule has 25 heavy (non-hydrogen) atoms. The van der Waals surface area contributed by atoms with Crippen LogP contribution in [0.4, 0.5) is 5.69 Å². The normalized spacial score (nSPS) is 12.6. The summed E-state index contributed by atoms with van der Waals surface area (Å²) < 4.78 is 25.7. The average Bonchev–Trinajstić information content (AvgIpc) is 2.44. The van der Waals surface area contributed by atoms with Crippen molar-refractivity contribution in [3.63, 3.8) is 0 Å². The molecule has 9 heteroatoms. The number of sulfonamides is 1. The summed E-state index contributed by atoms with van der Waals surface area (Å²) in [6, 6.07) is 10.5. The van der Waals surface area contributed by atoms with Crippen molar-refractivity contribution in [2.45, 2.75) is 12.5 Å². The van der Waals surface area contributed by atoms with Crippen LogP contribution in [0.1, 0.15) is 18.0 Å². The molecule has 5 nitrogen and oxygen atoms in total. The summed E-state index contributed by atoms with van der Waals surface area (Å²) in [6.45, 7) is 0. The van der Waals surface area contributed by atoms with E-state index in [0.717, 1.165) is 6.26 Å². The van der Waals surface area contributed by atoms with Crippen LogP contribution in [-0.4, -0.2) is 20.6 Å². The highest BCUT2D eigenvalue weighted by molar-refractivity contribution is 7.88. The lowest BCUT2D eigenvalue weighted by molar-refractivity contribution is -0.116. The fourth-order valence-electron chi connectivity index (χ4n) is 2.20. The smallest absolute Gasteiger partial charge is 0.226 e. The summed E-state index contributed by atoms with van der Waals surface area (Å²) in [4.78, 5) is 12.3. The molecule has 2 aromatic rings. The lowest BCUT2D eigenvalue weighted by Crippen LogP contribution is -2.30. The van der Waals surface area contributed by atoms with Crippen molar-refractivity contribution in [2.24, 2.45) is 0 Å². The minimum atomic E-state index is -3.52. The van der Waals surface area contributed by atoms with Gasteiger partial charge < -0.3 is 5.32 Å². The first-order valence-corrected chi connectivity index (χ1v) is 10.1. The topological polar surface area (TPSA) is 75.3 Å². The van der Waals surface area contributed by atoms with Crippen molar-refractivity contribution in [3.8, 4) is 0 Å². The Kier molecular flexibility index (Phi) is 6.71. The number of hydrogen-bond donors (Lipinski definition) is 2. The van der Waals surface area contributed by atoms with Crippen LogP contribution < -0.4 is 10.0 Å². The second kappa shape index (κ2) is 8.38. The molecule has 0 aliphatic rings. The molecule has 2 aromatic carbocycles. The van der Waals surface area contributed by atoms with Gasteiger partial charge in [-0.1, -0.05) is 46.9 Å². The third-order valence-electron chi connectivity index (χ3n) is 3.16. The highest BCUT2D eigenvalue weighted by atomic mass is 35.5. The maximum Gasteiger partial charge on any atom is 0.226 e. The molecule has 0 saturated carbocycles. The SMILES string of the molecule is CS(=O)(=O)N[C@@H](CC(=O)Nc1cc(Cl)cc(Cl)c1)c1ccc(Cl)cc1. The maximum atomic E-state index is 12.3. The minimum absolute atomic E-state index is 0.112. The summed E-state index contributed by atoms with van der Waals surface area (Å²) in [5.74, 6) is -0.394. The van der Waals surface area contributed by atoms with Gasteiger partial charge in [0.2, 0.25) is 15.9 Å². The summed E-state index contributed by atoms with van der Waals surface area (Å²) in [5.41, 5.74) is 1.05. The molecule has 0 aliphatic heterocycles. The molecule has 0 spiro atoms. The van der Waals surface area contributed by atoms with E-state index in [9.17, 15) is 13.2 Å². The zero-order valence-corrected chi connectivity index (χ0v) is 16.2. The van der Waals surface area contributed by atoms with Gasteiger partial charge in [0, 0.05) is 27.2 Å². The van der Waals surface area contributed by atoms with Crippen molar-refractivity contribution in [3.05, 3.63) is 63.1 Å². The molecule has 1 atom stereocenters. The van der Waals surface area contributed by atoms with Crippen LogP contribution in [0.15, 0.2) is 42.5 Å². The summed E-state index contributed by atoms with van der Waals surface area (Å²) >= 11 is 17.6. The summed E-state index contributed by atoms with van der Waals surface area (Å²) in [5, 5.41) is 3.93. The highest BCUT2D eigenvalue weighted by Gasteiger charge is 2.20. The first-order chi connectivity index (χ1) is 11.6. The zero-order valence-electron chi connectivity index (χ0n) is 13.1. The predicted octanol–water partition coefficient (Wildman–Crippen LogP) is 4.27. The summed E-state index contributed by atoms with van der Waals surface area (Å²) in [7, 11) is -3.52. The lowest BCUT2D eigenvalue weighted by Gasteiger charge is -2.18. The predicted molar refractivity (Wildman–Crippen MR) is 102 cm³/mol. The van der Waals surface area contributed by atoms with E-state index >= 15 is 0 Å². The van der Waals surface area contributed by atoms with E-state index in [4.69, 9.17) is 34.8 Å². The molecule has 0 bridgehead atoms. The van der Waals surface area contributed by atoms with Crippen LogP contribution in [0.25, 0.3) is 0 Å². The third kappa shape index (κ3) is 6.84. The Balaban J connectivity index is 2.17. The van der Waals surface area contributed by atoms with E-state index in [1.807, 2.05) is 0 Å². The number of nitrogens with one attached hydrogen (secondary N) is 2. The van der Waals surface area contributed by atoms with Crippen LogP contribution in [0.3, 0.4) is 0 Å². The van der Waals surface area contributed by atoms with Gasteiger partial charge in [-0.15, -0.1) is 0 Å². The molecular weight excluding hydrogens is 407 g/mol. The van der Waals surface area contributed by atoms with Crippen LogP contribution in [-0.2, 0) is 14.8 Å². The molecular formula is C16H15Cl3N2O3S. The van der Waals surface area contributed by atoms with Crippen LogP contribution >= 0.6 is 34.8 Å². The summed E-state index contributed by atoms with van der Waals surface area (Å²) in [6.07, 6.45) is 0.920. The van der Waals surface area contributed by atoms with E-state index in [-0.39, 0.29) is 6.42 Å². The number of hydrogen-bond acceptors (Lipinski definition) is 3. The van der Waals surface area contributed by atoms with Gasteiger partial charge in [-0.25, -0.2) is 13.1 Å². The molecule has 0 aromatic heterocycles. The van der Waals surface area contributed by atoms with Crippen LogP contribution in [0.5, 0.6) is 0 Å². The number of amides is 1. The first kappa shape index (κ1) is 20.0. The van der Waals surface area contributed by atoms with Gasteiger partial charge in [0.05, 0.1) is 12.3 Å². The Labute approximate surface area is 161 Å². The molecule has 2 rings (SSSR count). The van der Waals surface area contributed by atoms with Crippen LogP contribution in [0, 0.1) is 0 Å². The molecule has 1 amide bonds. The van der Waals surface area contributed by atoms with E-state index in [0.29, 0.717) is 26.3 Å². The fraction of sp³-hybridized carbons (Fsp3) is 0.188. The largest absolute Gasteiger partial charge is 0.326 e. The Morgan fingerprint density at radius 1 is 1.00 bits per heavy atom. The third-order valence-corrected chi connectivity index (χ3v) is 4.57. The number of anilines is 1. The fourth-order valence-corrected chi connectivity index (χ4v) is 3.59. The van der Waals surface area contributed by atoms with Gasteiger partial charge in [-0.05, 0) is 35.9 Å². The Morgan fingerprint density at radius 2 is 1.56 bits per heavy atom. The van der Waals surface area contributed by atoms with Gasteiger partial charge in [0.1, 0.15) is 0 Å². The van der Waals surface area contributed by atoms with E-state index in [1.165, 1.54) is 0 Å². The number of carbonyl (C=O) groups is 1. The van der Waals surface area contributed by atoms with Crippen LogP contribution in [0.2, 0.25) is 15.1 Å². The van der Waals surface area contributed by atoms with Crippen molar-refractivity contribution in [2.75, 3.05) is 11.6 Å². The van der Waals surface area contributed by atoms with Gasteiger partial charge in [0.25, 0.3) is 0 Å². The van der Waals surface area contributed by atoms with E-state index in [1.54, 1.807) is 42.5 Å². The Bertz CT molecular complexity index is 850. The van der Waals surface area contributed by atoms with Crippen molar-refractivity contribution in [1.82, 2.24) is 4.72 Å². The second-order valence-electron chi connectivity index (χ2n) is 5.40. The quantitative estimate of drug-likeness (QED) is 0.731. The lowest BCUT2D eigenvalue weighted by atomic mass is 10.0. The zero-order chi connectivity index (χ0) is 18.6. The molecule has 0 radical (unpaired) electrons. The molecule has 0 saturated heterocycles. The standard InChI is InChI=1S/C16H15Cl3N2O3S/c1-25(23,24)21-15(10-2-4-11(17)5-3-10)9-16(22)20-14-7-12(18)6-13(19)8-14/h2-8,15,21H,9H2,1H3,(H,20,22)/t15-/m0/s1. The highest BCUT2D eigenvalue weighted by Crippen LogP contribution is 2.24. The second-order valence-corrected chi connectivity index (χ2v) is 8.49. The minimum Gasteiger partial charge on any atom is -0.326 e. The van der Waals surface area contributed by atoms with Crippen molar-refractivity contribution < 1.29 is 13.2 Å². The monoisotopic (exact) mass is 420 g/mol.